The number of quaternary nitrogens is 1. The van der Waals surface area contributed by atoms with Crippen LogP contribution in [-0.2, 0) is 16.6 Å². The van der Waals surface area contributed by atoms with Gasteiger partial charge in [0.25, 0.3) is 0 Å². The Morgan fingerprint density at radius 3 is 3.04 bits per heavy atom. The summed E-state index contributed by atoms with van der Waals surface area (Å²) in [6, 6.07) is 3.41. The van der Waals surface area contributed by atoms with E-state index in [1.165, 1.54) is 0 Å². The number of Topliss-reactive ketones (excluding diaryl/α,β-unsaturated/α-hetero) is 1. The molecule has 5 rings (SSSR count). The van der Waals surface area contributed by atoms with Gasteiger partial charge in [-0.15, -0.1) is 0 Å². The monoisotopic (exact) mass is 341 g/mol. The second-order valence-electron chi connectivity index (χ2n) is 8.43. The van der Waals surface area contributed by atoms with Gasteiger partial charge in [0, 0.05) is 24.8 Å². The highest BCUT2D eigenvalue weighted by atomic mass is 16.5. The highest BCUT2D eigenvalue weighted by Crippen LogP contribution is 2.65. The van der Waals surface area contributed by atoms with E-state index in [2.05, 4.69) is 13.6 Å². The van der Waals surface area contributed by atoms with Crippen LogP contribution in [0.15, 0.2) is 24.8 Å². The molecule has 5 heteroatoms. The van der Waals surface area contributed by atoms with Gasteiger partial charge in [-0.25, -0.2) is 0 Å². The zero-order valence-electron chi connectivity index (χ0n) is 14.5. The minimum absolute atomic E-state index is 0.0191. The number of likely N-dealkylation sites (tertiary alicyclic amines) is 1. The minimum atomic E-state index is -1.02. The number of nitrogens with zero attached hydrogens (tertiary/aromatic N) is 1. The average Bonchev–Trinajstić information content (AvgIpc) is 2.93. The molecule has 2 aliphatic heterocycles. The molecule has 1 saturated heterocycles. The molecule has 5 nitrogen and oxygen atoms in total. The number of carbonyl (C=O) groups excluding carboxylic acids is 1. The Kier molecular flexibility index (Phi) is 2.75. The number of piperidine rings is 1. The lowest BCUT2D eigenvalue weighted by atomic mass is 9.48. The Bertz CT molecular complexity index is 820. The zero-order chi connectivity index (χ0) is 17.6. The van der Waals surface area contributed by atoms with Gasteiger partial charge in [-0.2, -0.15) is 0 Å². The van der Waals surface area contributed by atoms with Crippen molar-refractivity contribution in [2.24, 2.45) is 0 Å². The summed E-state index contributed by atoms with van der Waals surface area (Å²) in [7, 11) is 2.17. The van der Waals surface area contributed by atoms with Crippen molar-refractivity contribution in [3.8, 4) is 11.5 Å². The van der Waals surface area contributed by atoms with Crippen LogP contribution in [0, 0.1) is 0 Å². The number of likely N-dealkylation sites (N-methyl/N-ethyl adjacent to an activating group) is 1. The van der Waals surface area contributed by atoms with Crippen LogP contribution < -0.4 is 9.84 Å². The molecule has 2 bridgehead atoms. The van der Waals surface area contributed by atoms with Crippen molar-refractivity contribution in [3.63, 3.8) is 0 Å². The normalized spacial score (nSPS) is 43.4. The van der Waals surface area contributed by atoms with Gasteiger partial charge in [-0.3, -0.25) is 4.79 Å². The van der Waals surface area contributed by atoms with Crippen molar-refractivity contribution >= 4 is 5.78 Å². The van der Waals surface area contributed by atoms with Crippen molar-refractivity contribution in [3.05, 3.63) is 35.9 Å². The number of hydrogen-bond donors (Lipinski definition) is 1. The molecule has 5 atom stereocenters. The molecule has 1 aromatic rings. The first-order chi connectivity index (χ1) is 11.9. The lowest BCUT2D eigenvalue weighted by Crippen LogP contribution is -2.80. The van der Waals surface area contributed by atoms with Crippen LogP contribution in [0.25, 0.3) is 0 Å². The van der Waals surface area contributed by atoms with Crippen LogP contribution in [0.3, 0.4) is 0 Å². The first-order valence-corrected chi connectivity index (χ1v) is 9.08. The SMILES string of the molecule is C=CC[N@+]1(C)CC[C@]23c4c5ccc([O-])c4OC2C(=O)CC[C@]3(O)[C@H]1C5. The topological polar surface area (TPSA) is 69.6 Å². The van der Waals surface area contributed by atoms with Gasteiger partial charge in [0.05, 0.1) is 25.6 Å². The van der Waals surface area contributed by atoms with Crippen LogP contribution in [0.5, 0.6) is 11.5 Å². The van der Waals surface area contributed by atoms with E-state index in [1.54, 1.807) is 6.07 Å². The van der Waals surface area contributed by atoms with Crippen molar-refractivity contribution in [2.45, 2.75) is 48.8 Å². The number of ether oxygens (including phenoxy) is 1. The number of rotatable bonds is 2. The summed E-state index contributed by atoms with van der Waals surface area (Å²) < 4.78 is 6.68. The number of aliphatic hydroxyl groups is 1. The van der Waals surface area contributed by atoms with Crippen molar-refractivity contribution in [1.29, 1.82) is 0 Å². The summed E-state index contributed by atoms with van der Waals surface area (Å²) in [5.74, 6) is 0.159. The lowest BCUT2D eigenvalue weighted by Gasteiger charge is -2.64. The Hall–Kier alpha value is -1.85. The van der Waals surface area contributed by atoms with Gasteiger partial charge in [0.1, 0.15) is 17.4 Å². The molecule has 2 aliphatic carbocycles. The molecule has 1 unspecified atom stereocenters. The molecule has 2 heterocycles. The fraction of sp³-hybridized carbons (Fsp3) is 0.550. The molecule has 0 radical (unpaired) electrons. The standard InChI is InChI=1S/C20H23NO4/c1-3-9-21(2)10-8-19-16-12-4-5-13(22)17(16)25-18(19)14(23)6-7-20(19,24)15(21)11-12/h3-5,15,18,24H,1,6-11H2,2H3/t15-,18?,19+,20+,21-/m1/s1. The van der Waals surface area contributed by atoms with Gasteiger partial charge in [-0.05, 0) is 18.1 Å². The maximum Gasteiger partial charge on any atom is 0.174 e. The van der Waals surface area contributed by atoms with E-state index in [0.29, 0.717) is 31.4 Å². The summed E-state index contributed by atoms with van der Waals surface area (Å²) in [6.45, 7) is 5.53. The Balaban J connectivity index is 1.82. The minimum Gasteiger partial charge on any atom is -0.870 e. The summed E-state index contributed by atoms with van der Waals surface area (Å²) >= 11 is 0. The second-order valence-corrected chi connectivity index (χ2v) is 8.43. The van der Waals surface area contributed by atoms with Gasteiger partial charge < -0.3 is 19.4 Å². The molecular weight excluding hydrogens is 318 g/mol. The lowest BCUT2D eigenvalue weighted by molar-refractivity contribution is -0.944. The van der Waals surface area contributed by atoms with Gasteiger partial charge in [0.15, 0.2) is 11.9 Å². The number of benzene rings is 1. The third kappa shape index (κ3) is 1.51. The van der Waals surface area contributed by atoms with Crippen molar-refractivity contribution in [2.75, 3.05) is 20.1 Å². The highest BCUT2D eigenvalue weighted by molar-refractivity contribution is 5.89. The number of carbonyl (C=O) groups is 1. The molecule has 4 aliphatic rings. The van der Waals surface area contributed by atoms with Crippen LogP contribution in [0.4, 0.5) is 0 Å². The molecule has 1 spiro atoms. The third-order valence-corrected chi connectivity index (χ3v) is 7.43. The molecule has 1 aromatic carbocycles. The van der Waals surface area contributed by atoms with E-state index in [9.17, 15) is 15.0 Å². The molecule has 0 amide bonds. The van der Waals surface area contributed by atoms with E-state index in [1.807, 2.05) is 12.1 Å². The molecule has 1 saturated carbocycles. The first kappa shape index (κ1) is 15.4. The maximum absolute atomic E-state index is 12.7. The van der Waals surface area contributed by atoms with Crippen molar-refractivity contribution < 1.29 is 24.2 Å². The van der Waals surface area contributed by atoms with Crippen LogP contribution in [-0.4, -0.2) is 53.3 Å². The smallest absolute Gasteiger partial charge is 0.174 e. The van der Waals surface area contributed by atoms with E-state index in [0.717, 1.165) is 28.7 Å². The van der Waals surface area contributed by atoms with Gasteiger partial charge in [-0.1, -0.05) is 24.5 Å². The van der Waals surface area contributed by atoms with E-state index >= 15 is 0 Å². The van der Waals surface area contributed by atoms with Crippen molar-refractivity contribution in [1.82, 2.24) is 0 Å². The molecule has 0 aromatic heterocycles. The summed E-state index contributed by atoms with van der Waals surface area (Å²) in [4.78, 5) is 12.7. The van der Waals surface area contributed by atoms with E-state index in [4.69, 9.17) is 4.74 Å². The summed E-state index contributed by atoms with van der Waals surface area (Å²) in [5.41, 5.74) is 0.124. The molecular formula is C20H23NO4. The summed E-state index contributed by atoms with van der Waals surface area (Å²) in [6.07, 6.45) is 3.32. The largest absolute Gasteiger partial charge is 0.870 e. The van der Waals surface area contributed by atoms with E-state index < -0.39 is 17.1 Å². The maximum atomic E-state index is 12.7. The Morgan fingerprint density at radius 2 is 2.28 bits per heavy atom. The predicted molar refractivity (Wildman–Crippen MR) is 89.4 cm³/mol. The highest BCUT2D eigenvalue weighted by Gasteiger charge is 2.76. The molecule has 132 valence electrons. The predicted octanol–water partition coefficient (Wildman–Crippen LogP) is 0.814. The molecule has 25 heavy (non-hydrogen) atoms. The quantitative estimate of drug-likeness (QED) is 0.639. The molecule has 1 N–H and O–H groups in total. The van der Waals surface area contributed by atoms with Crippen LogP contribution in [0.2, 0.25) is 0 Å². The average molecular weight is 341 g/mol. The zero-order valence-corrected chi connectivity index (χ0v) is 14.5. The van der Waals surface area contributed by atoms with Crippen LogP contribution >= 0.6 is 0 Å². The summed E-state index contributed by atoms with van der Waals surface area (Å²) in [5, 5.41) is 24.4. The second kappa shape index (κ2) is 4.46. The Morgan fingerprint density at radius 1 is 1.48 bits per heavy atom. The first-order valence-electron chi connectivity index (χ1n) is 9.08. The van der Waals surface area contributed by atoms with Gasteiger partial charge >= 0.3 is 0 Å². The van der Waals surface area contributed by atoms with E-state index in [-0.39, 0.29) is 17.6 Å². The number of ketones is 1. The fourth-order valence-corrected chi connectivity index (χ4v) is 6.33. The fourth-order valence-electron chi connectivity index (χ4n) is 6.33. The third-order valence-electron chi connectivity index (χ3n) is 7.43. The molecule has 2 fully saturated rings. The number of hydrogen-bond acceptors (Lipinski definition) is 4. The van der Waals surface area contributed by atoms with Crippen LogP contribution in [0.1, 0.15) is 30.4 Å². The Labute approximate surface area is 147 Å². The van der Waals surface area contributed by atoms with Gasteiger partial charge in [0.2, 0.25) is 0 Å².